The second-order valence-corrected chi connectivity index (χ2v) is 14.1. The van der Waals surface area contributed by atoms with E-state index in [2.05, 4.69) is 48.8 Å². The molecular formula is C39H71O8P. The van der Waals surface area contributed by atoms with Gasteiger partial charge >= 0.3 is 19.8 Å². The zero-order valence-corrected chi connectivity index (χ0v) is 31.5. The third kappa shape index (κ3) is 37.1. The zero-order chi connectivity index (χ0) is 35.4. The molecule has 0 aliphatic heterocycles. The molecule has 0 saturated heterocycles. The molecule has 1 atom stereocenters. The van der Waals surface area contributed by atoms with Gasteiger partial charge in [-0.25, -0.2) is 4.57 Å². The van der Waals surface area contributed by atoms with Crippen molar-refractivity contribution in [2.24, 2.45) is 0 Å². The summed E-state index contributed by atoms with van der Waals surface area (Å²) in [6.07, 6.45) is 40.1. The van der Waals surface area contributed by atoms with Gasteiger partial charge in [-0.1, -0.05) is 159 Å². The van der Waals surface area contributed by atoms with Crippen LogP contribution in [0.15, 0.2) is 36.5 Å². The number of carbonyl (C=O) groups is 2. The molecular weight excluding hydrogens is 627 g/mol. The molecule has 0 radical (unpaired) electrons. The van der Waals surface area contributed by atoms with Gasteiger partial charge in [-0.2, -0.15) is 0 Å². The predicted octanol–water partition coefficient (Wildman–Crippen LogP) is 11.4. The molecule has 0 fully saturated rings. The standard InChI is InChI=1S/C39H71O8P/c1-3-5-7-9-11-13-15-17-18-19-20-22-23-25-27-29-31-33-38(40)45-35-37(36-46-48(42,43)44)47-39(41)34-32-30-28-26-24-21-16-14-12-10-8-6-4-2/h17-18,20,22,25,27,37H,3-16,19,21,23-24,26,28-36H2,1-2H3,(H2,42,43,44)/b18-17+,22-20+,27-25+/t37-/m1/s1. The van der Waals surface area contributed by atoms with Crippen molar-refractivity contribution in [2.45, 2.75) is 187 Å². The van der Waals surface area contributed by atoms with Crippen LogP contribution in [0.4, 0.5) is 0 Å². The van der Waals surface area contributed by atoms with Gasteiger partial charge in [-0.05, 0) is 44.9 Å². The minimum atomic E-state index is -4.76. The molecule has 0 saturated carbocycles. The molecule has 2 N–H and O–H groups in total. The van der Waals surface area contributed by atoms with Gasteiger partial charge in [0.1, 0.15) is 6.61 Å². The Morgan fingerprint density at radius 3 is 1.46 bits per heavy atom. The largest absolute Gasteiger partial charge is 0.469 e. The van der Waals surface area contributed by atoms with Gasteiger partial charge in [0.15, 0.2) is 6.10 Å². The van der Waals surface area contributed by atoms with Gasteiger partial charge in [0.2, 0.25) is 0 Å². The van der Waals surface area contributed by atoms with E-state index in [0.29, 0.717) is 12.8 Å². The number of hydrogen-bond acceptors (Lipinski definition) is 6. The molecule has 0 spiro atoms. The van der Waals surface area contributed by atoms with E-state index in [1.165, 1.54) is 96.3 Å². The number of carbonyl (C=O) groups excluding carboxylic acids is 2. The molecule has 0 aromatic carbocycles. The molecule has 0 aromatic rings. The highest BCUT2D eigenvalue weighted by molar-refractivity contribution is 7.46. The fourth-order valence-corrected chi connectivity index (χ4v) is 5.63. The van der Waals surface area contributed by atoms with Crippen LogP contribution in [0.25, 0.3) is 0 Å². The van der Waals surface area contributed by atoms with Crippen LogP contribution in [-0.4, -0.2) is 41.0 Å². The Kier molecular flexibility index (Phi) is 33.8. The normalized spacial score (nSPS) is 12.8. The summed E-state index contributed by atoms with van der Waals surface area (Å²) in [6, 6.07) is 0. The second kappa shape index (κ2) is 35.1. The van der Waals surface area contributed by atoms with Crippen LogP contribution in [0.1, 0.15) is 181 Å². The van der Waals surface area contributed by atoms with Crippen LogP contribution < -0.4 is 0 Å². The molecule has 0 rings (SSSR count). The number of allylic oxidation sites excluding steroid dienone is 6. The predicted molar refractivity (Wildman–Crippen MR) is 198 cm³/mol. The smallest absolute Gasteiger partial charge is 0.462 e. The Morgan fingerprint density at radius 1 is 0.542 bits per heavy atom. The summed E-state index contributed by atoms with van der Waals surface area (Å²) in [7, 11) is -4.76. The SMILES string of the molecule is CCCCCCCC/C=C/C/C=C/C/C=C/CCCC(=O)OC[C@H](COP(=O)(O)O)OC(=O)CCCCCCCCCCCCCCC. The highest BCUT2D eigenvalue weighted by atomic mass is 31.2. The maximum atomic E-state index is 12.3. The minimum absolute atomic E-state index is 0.197. The van der Waals surface area contributed by atoms with Crippen molar-refractivity contribution in [3.8, 4) is 0 Å². The van der Waals surface area contributed by atoms with E-state index in [1.807, 2.05) is 6.08 Å². The summed E-state index contributed by atoms with van der Waals surface area (Å²) in [5, 5.41) is 0. The van der Waals surface area contributed by atoms with Crippen molar-refractivity contribution in [3.05, 3.63) is 36.5 Å². The van der Waals surface area contributed by atoms with Crippen LogP contribution in [0.3, 0.4) is 0 Å². The summed E-state index contributed by atoms with van der Waals surface area (Å²) in [5.74, 6) is -0.943. The van der Waals surface area contributed by atoms with E-state index in [-0.39, 0.29) is 19.4 Å². The van der Waals surface area contributed by atoms with Crippen LogP contribution >= 0.6 is 7.82 Å². The van der Waals surface area contributed by atoms with Crippen molar-refractivity contribution < 1.29 is 37.9 Å². The number of phosphoric acid groups is 1. The van der Waals surface area contributed by atoms with Gasteiger partial charge in [-0.15, -0.1) is 0 Å². The minimum Gasteiger partial charge on any atom is -0.462 e. The van der Waals surface area contributed by atoms with Gasteiger partial charge in [0.25, 0.3) is 0 Å². The van der Waals surface area contributed by atoms with E-state index in [1.54, 1.807) is 0 Å². The molecule has 0 aliphatic carbocycles. The van der Waals surface area contributed by atoms with Crippen LogP contribution in [0, 0.1) is 0 Å². The summed E-state index contributed by atoms with van der Waals surface area (Å²) in [6.45, 7) is 3.63. The Morgan fingerprint density at radius 2 is 0.958 bits per heavy atom. The summed E-state index contributed by atoms with van der Waals surface area (Å²) in [5.41, 5.74) is 0. The quantitative estimate of drug-likeness (QED) is 0.0290. The lowest BCUT2D eigenvalue weighted by atomic mass is 10.0. The number of esters is 2. The fourth-order valence-electron chi connectivity index (χ4n) is 5.27. The Balaban J connectivity index is 4.04. The summed E-state index contributed by atoms with van der Waals surface area (Å²) < 4.78 is 26.3. The van der Waals surface area contributed by atoms with Crippen molar-refractivity contribution in [1.82, 2.24) is 0 Å². The number of hydrogen-bond donors (Lipinski definition) is 2. The lowest BCUT2D eigenvalue weighted by molar-refractivity contribution is -0.161. The monoisotopic (exact) mass is 698 g/mol. The van der Waals surface area contributed by atoms with Crippen molar-refractivity contribution >= 4 is 19.8 Å². The number of unbranched alkanes of at least 4 members (excludes halogenated alkanes) is 19. The topological polar surface area (TPSA) is 119 Å². The van der Waals surface area contributed by atoms with Crippen molar-refractivity contribution in [1.29, 1.82) is 0 Å². The third-order valence-electron chi connectivity index (χ3n) is 8.16. The van der Waals surface area contributed by atoms with Gasteiger partial charge in [-0.3, -0.25) is 14.1 Å². The highest BCUT2D eigenvalue weighted by Gasteiger charge is 2.22. The first-order valence-electron chi connectivity index (χ1n) is 19.3. The van der Waals surface area contributed by atoms with E-state index in [9.17, 15) is 14.2 Å². The Hall–Kier alpha value is -1.73. The van der Waals surface area contributed by atoms with E-state index in [0.717, 1.165) is 44.9 Å². The van der Waals surface area contributed by atoms with E-state index < -0.39 is 32.5 Å². The molecule has 9 heteroatoms. The number of phosphoric ester groups is 1. The summed E-state index contributed by atoms with van der Waals surface area (Å²) >= 11 is 0. The fraction of sp³-hybridized carbons (Fsp3) is 0.795. The zero-order valence-electron chi connectivity index (χ0n) is 30.6. The molecule has 8 nitrogen and oxygen atoms in total. The first-order valence-corrected chi connectivity index (χ1v) is 20.8. The van der Waals surface area contributed by atoms with Gasteiger partial charge in [0.05, 0.1) is 6.61 Å². The maximum Gasteiger partial charge on any atom is 0.469 e. The second-order valence-electron chi connectivity index (χ2n) is 12.9. The summed E-state index contributed by atoms with van der Waals surface area (Å²) in [4.78, 5) is 42.7. The lowest BCUT2D eigenvalue weighted by Gasteiger charge is -2.18. The molecule has 48 heavy (non-hydrogen) atoms. The number of ether oxygens (including phenoxy) is 2. The van der Waals surface area contributed by atoms with Crippen molar-refractivity contribution in [3.63, 3.8) is 0 Å². The van der Waals surface area contributed by atoms with Crippen LogP contribution in [0.2, 0.25) is 0 Å². The number of rotatable bonds is 35. The molecule has 0 aliphatic rings. The molecule has 280 valence electrons. The van der Waals surface area contributed by atoms with Crippen LogP contribution in [-0.2, 0) is 28.2 Å². The maximum absolute atomic E-state index is 12.3. The molecule has 0 heterocycles. The Labute approximate surface area is 293 Å². The van der Waals surface area contributed by atoms with Gasteiger partial charge < -0.3 is 19.3 Å². The van der Waals surface area contributed by atoms with E-state index in [4.69, 9.17) is 19.3 Å². The molecule has 0 aromatic heterocycles. The molecule has 0 bridgehead atoms. The van der Waals surface area contributed by atoms with E-state index >= 15 is 0 Å². The molecule has 0 unspecified atom stereocenters. The first-order chi connectivity index (χ1) is 23.3. The average Bonchev–Trinajstić information content (AvgIpc) is 3.05. The van der Waals surface area contributed by atoms with Crippen molar-refractivity contribution in [2.75, 3.05) is 13.2 Å². The lowest BCUT2D eigenvalue weighted by Crippen LogP contribution is -2.29. The third-order valence-corrected chi connectivity index (χ3v) is 8.65. The molecule has 0 amide bonds. The highest BCUT2D eigenvalue weighted by Crippen LogP contribution is 2.36. The van der Waals surface area contributed by atoms with Crippen LogP contribution in [0.5, 0.6) is 0 Å². The Bertz CT molecular complexity index is 879. The van der Waals surface area contributed by atoms with Gasteiger partial charge in [0, 0.05) is 12.8 Å². The average molecular weight is 699 g/mol. The first kappa shape index (κ1) is 46.3.